The molecule has 1 amide bonds. The molecule has 0 unspecified atom stereocenters. The highest BCUT2D eigenvalue weighted by atomic mass is 16.1. The van der Waals surface area contributed by atoms with Gasteiger partial charge in [-0.1, -0.05) is 66.7 Å². The molecule has 0 saturated carbocycles. The van der Waals surface area contributed by atoms with E-state index < -0.39 is 0 Å². The molecule has 1 heterocycles. The summed E-state index contributed by atoms with van der Waals surface area (Å²) in [5, 5.41) is 14.6. The minimum Gasteiger partial charge on any atom is -0.352 e. The summed E-state index contributed by atoms with van der Waals surface area (Å²) in [6, 6.07) is 28.1. The maximum Gasteiger partial charge on any atom is 0.251 e. The average molecular weight is 397 g/mol. The minimum atomic E-state index is -0.109. The quantitative estimate of drug-likeness (QED) is 0.513. The third-order valence-electron chi connectivity index (χ3n) is 5.10. The Balaban J connectivity index is 1.45. The standard InChI is InChI=1S/C24H23N5O/c1-18-26-27-28-29(18)22-14-8-13-21(17-22)24(30)25-16-15-23(19-9-4-2-5-10-19)20-11-6-3-7-12-20/h2-14,17,23H,15-16H2,1H3,(H,25,30). The van der Waals surface area contributed by atoms with Crippen LogP contribution in [0.5, 0.6) is 0 Å². The van der Waals surface area contributed by atoms with Crippen LogP contribution in [0.25, 0.3) is 5.69 Å². The topological polar surface area (TPSA) is 72.7 Å². The van der Waals surface area contributed by atoms with Crippen molar-refractivity contribution in [1.82, 2.24) is 25.5 Å². The van der Waals surface area contributed by atoms with Crippen LogP contribution in [0.3, 0.4) is 0 Å². The molecule has 0 aliphatic carbocycles. The number of hydrogen-bond acceptors (Lipinski definition) is 4. The van der Waals surface area contributed by atoms with E-state index in [9.17, 15) is 4.79 Å². The normalized spacial score (nSPS) is 10.9. The molecule has 1 aromatic heterocycles. The summed E-state index contributed by atoms with van der Waals surface area (Å²) in [6.07, 6.45) is 0.811. The average Bonchev–Trinajstić information content (AvgIpc) is 3.24. The van der Waals surface area contributed by atoms with Gasteiger partial charge in [0.2, 0.25) is 0 Å². The van der Waals surface area contributed by atoms with Crippen LogP contribution in [0, 0.1) is 6.92 Å². The summed E-state index contributed by atoms with van der Waals surface area (Å²) in [5.41, 5.74) is 3.83. The van der Waals surface area contributed by atoms with Gasteiger partial charge in [-0.15, -0.1) is 5.10 Å². The van der Waals surface area contributed by atoms with E-state index >= 15 is 0 Å². The Morgan fingerprint density at radius 1 is 0.933 bits per heavy atom. The van der Waals surface area contributed by atoms with Gasteiger partial charge in [0.15, 0.2) is 5.82 Å². The van der Waals surface area contributed by atoms with Gasteiger partial charge in [-0.3, -0.25) is 4.79 Å². The highest BCUT2D eigenvalue weighted by molar-refractivity contribution is 5.94. The van der Waals surface area contributed by atoms with Gasteiger partial charge >= 0.3 is 0 Å². The van der Waals surface area contributed by atoms with Crippen molar-refractivity contribution >= 4 is 5.91 Å². The van der Waals surface area contributed by atoms with E-state index in [2.05, 4.69) is 69.4 Å². The Morgan fingerprint density at radius 3 is 2.20 bits per heavy atom. The summed E-state index contributed by atoms with van der Waals surface area (Å²) in [7, 11) is 0. The number of nitrogens with zero attached hydrogens (tertiary/aromatic N) is 4. The second-order valence-corrected chi connectivity index (χ2v) is 7.11. The Bertz CT molecular complexity index is 1070. The summed E-state index contributed by atoms with van der Waals surface area (Å²) >= 11 is 0. The van der Waals surface area contributed by atoms with Crippen LogP contribution in [-0.2, 0) is 0 Å². The van der Waals surface area contributed by atoms with Gasteiger partial charge in [-0.05, 0) is 53.1 Å². The molecule has 0 bridgehead atoms. The number of aromatic nitrogens is 4. The molecule has 0 fully saturated rings. The van der Waals surface area contributed by atoms with E-state index in [1.807, 2.05) is 31.2 Å². The van der Waals surface area contributed by atoms with Crippen molar-refractivity contribution in [1.29, 1.82) is 0 Å². The molecule has 6 nitrogen and oxygen atoms in total. The van der Waals surface area contributed by atoms with Crippen molar-refractivity contribution in [2.24, 2.45) is 0 Å². The molecule has 150 valence electrons. The lowest BCUT2D eigenvalue weighted by atomic mass is 9.88. The minimum absolute atomic E-state index is 0.109. The van der Waals surface area contributed by atoms with Gasteiger partial charge in [0.05, 0.1) is 5.69 Å². The Morgan fingerprint density at radius 2 is 1.60 bits per heavy atom. The van der Waals surface area contributed by atoms with E-state index in [-0.39, 0.29) is 11.8 Å². The van der Waals surface area contributed by atoms with Crippen molar-refractivity contribution in [3.63, 3.8) is 0 Å². The van der Waals surface area contributed by atoms with Gasteiger partial charge in [0.1, 0.15) is 0 Å². The number of amides is 1. The second kappa shape index (κ2) is 9.13. The van der Waals surface area contributed by atoms with E-state index in [1.54, 1.807) is 16.8 Å². The van der Waals surface area contributed by atoms with E-state index in [4.69, 9.17) is 0 Å². The first-order chi connectivity index (χ1) is 14.7. The first-order valence-corrected chi connectivity index (χ1v) is 9.96. The number of hydrogen-bond donors (Lipinski definition) is 1. The number of rotatable bonds is 7. The SMILES string of the molecule is Cc1nnnn1-c1cccc(C(=O)NCCC(c2ccccc2)c2ccccc2)c1. The van der Waals surface area contributed by atoms with E-state index in [1.165, 1.54) is 11.1 Å². The molecule has 0 radical (unpaired) electrons. The molecule has 0 aliphatic rings. The largest absolute Gasteiger partial charge is 0.352 e. The molecule has 4 rings (SSSR count). The molecule has 1 N–H and O–H groups in total. The zero-order chi connectivity index (χ0) is 20.8. The van der Waals surface area contributed by atoms with Crippen LogP contribution < -0.4 is 5.32 Å². The predicted octanol–water partition coefficient (Wildman–Crippen LogP) is 3.92. The maximum atomic E-state index is 12.7. The van der Waals surface area contributed by atoms with Crippen LogP contribution in [0.15, 0.2) is 84.9 Å². The van der Waals surface area contributed by atoms with Gasteiger partial charge in [-0.25, -0.2) is 0 Å². The van der Waals surface area contributed by atoms with Crippen molar-refractivity contribution in [3.8, 4) is 5.69 Å². The smallest absolute Gasteiger partial charge is 0.251 e. The van der Waals surface area contributed by atoms with E-state index in [0.29, 0.717) is 17.9 Å². The molecule has 0 atom stereocenters. The second-order valence-electron chi connectivity index (χ2n) is 7.11. The molecule has 0 saturated heterocycles. The first kappa shape index (κ1) is 19.5. The summed E-state index contributed by atoms with van der Waals surface area (Å²) in [4.78, 5) is 12.7. The molecule has 0 spiro atoms. The molecule has 0 aliphatic heterocycles. The molecule has 3 aromatic carbocycles. The molecular formula is C24H23N5O. The maximum absolute atomic E-state index is 12.7. The van der Waals surface area contributed by atoms with Crippen LogP contribution >= 0.6 is 0 Å². The monoisotopic (exact) mass is 397 g/mol. The van der Waals surface area contributed by atoms with Crippen LogP contribution in [-0.4, -0.2) is 32.7 Å². The lowest BCUT2D eigenvalue weighted by Gasteiger charge is -2.18. The van der Waals surface area contributed by atoms with Crippen molar-refractivity contribution < 1.29 is 4.79 Å². The third-order valence-corrected chi connectivity index (χ3v) is 5.10. The van der Waals surface area contributed by atoms with E-state index in [0.717, 1.165) is 12.1 Å². The molecular weight excluding hydrogens is 374 g/mol. The molecule has 6 heteroatoms. The zero-order valence-electron chi connectivity index (χ0n) is 16.8. The Kier molecular flexibility index (Phi) is 5.94. The highest BCUT2D eigenvalue weighted by Gasteiger charge is 2.15. The summed E-state index contributed by atoms with van der Waals surface area (Å²) in [6.45, 7) is 2.39. The lowest BCUT2D eigenvalue weighted by molar-refractivity contribution is 0.0952. The predicted molar refractivity (Wildman–Crippen MR) is 116 cm³/mol. The number of tetrazole rings is 1. The fraction of sp³-hybridized carbons (Fsp3) is 0.167. The van der Waals surface area contributed by atoms with Crippen molar-refractivity contribution in [2.45, 2.75) is 19.3 Å². The first-order valence-electron chi connectivity index (χ1n) is 9.96. The molecule has 30 heavy (non-hydrogen) atoms. The van der Waals surface area contributed by atoms with Crippen LogP contribution in [0.2, 0.25) is 0 Å². The Labute approximate surface area is 175 Å². The fourth-order valence-electron chi connectivity index (χ4n) is 3.58. The van der Waals surface area contributed by atoms with Crippen molar-refractivity contribution in [3.05, 3.63) is 107 Å². The lowest BCUT2D eigenvalue weighted by Crippen LogP contribution is -2.26. The number of benzene rings is 3. The van der Waals surface area contributed by atoms with Gasteiger partial charge in [0.25, 0.3) is 5.91 Å². The third kappa shape index (κ3) is 4.43. The number of aryl methyl sites for hydroxylation is 1. The Hall–Kier alpha value is -3.80. The number of carbonyl (C=O) groups excluding carboxylic acids is 1. The fourth-order valence-corrected chi connectivity index (χ4v) is 3.58. The van der Waals surface area contributed by atoms with Gasteiger partial charge in [-0.2, -0.15) is 4.68 Å². The summed E-state index contributed by atoms with van der Waals surface area (Å²) < 4.78 is 1.61. The number of nitrogens with one attached hydrogen (secondary N) is 1. The highest BCUT2D eigenvalue weighted by Crippen LogP contribution is 2.27. The van der Waals surface area contributed by atoms with Crippen LogP contribution in [0.1, 0.15) is 39.6 Å². The van der Waals surface area contributed by atoms with Crippen molar-refractivity contribution in [2.75, 3.05) is 6.54 Å². The molecule has 4 aromatic rings. The van der Waals surface area contributed by atoms with Gasteiger partial charge < -0.3 is 5.32 Å². The van der Waals surface area contributed by atoms with Crippen LogP contribution in [0.4, 0.5) is 0 Å². The van der Waals surface area contributed by atoms with Gasteiger partial charge in [0, 0.05) is 18.0 Å². The number of carbonyl (C=O) groups is 1. The zero-order valence-corrected chi connectivity index (χ0v) is 16.8. The summed E-state index contributed by atoms with van der Waals surface area (Å²) in [5.74, 6) is 0.784.